The SMILES string of the molecule is CCCc1cc(C(=O)NCCN2CCCC2)cc(NN)n1. The van der Waals surface area contributed by atoms with Gasteiger partial charge in [-0.1, -0.05) is 13.3 Å². The molecule has 0 aromatic carbocycles. The Kier molecular flexibility index (Phi) is 5.95. The largest absolute Gasteiger partial charge is 0.351 e. The Labute approximate surface area is 126 Å². The van der Waals surface area contributed by atoms with Crippen LogP contribution in [0, 0.1) is 0 Å². The molecule has 6 nitrogen and oxygen atoms in total. The van der Waals surface area contributed by atoms with Crippen molar-refractivity contribution in [1.82, 2.24) is 15.2 Å². The predicted octanol–water partition coefficient (Wildman–Crippen LogP) is 1.15. The van der Waals surface area contributed by atoms with E-state index in [0.29, 0.717) is 17.9 Å². The van der Waals surface area contributed by atoms with Crippen LogP contribution in [-0.2, 0) is 6.42 Å². The Bertz CT molecular complexity index is 471. The van der Waals surface area contributed by atoms with Gasteiger partial charge in [0, 0.05) is 24.3 Å². The van der Waals surface area contributed by atoms with Crippen molar-refractivity contribution in [2.24, 2.45) is 5.84 Å². The molecular formula is C15H25N5O. The number of carbonyl (C=O) groups excluding carboxylic acids is 1. The first-order valence-electron chi connectivity index (χ1n) is 7.71. The van der Waals surface area contributed by atoms with E-state index in [9.17, 15) is 4.79 Å². The minimum absolute atomic E-state index is 0.0644. The van der Waals surface area contributed by atoms with Crippen LogP contribution in [0.2, 0.25) is 0 Å². The van der Waals surface area contributed by atoms with Gasteiger partial charge in [-0.3, -0.25) is 4.79 Å². The standard InChI is InChI=1S/C15H25N5O/c1-2-5-13-10-12(11-14(18-13)19-16)15(21)17-6-9-20-7-3-4-8-20/h10-11H,2-9,16H2,1H3,(H,17,21)(H,18,19). The van der Waals surface area contributed by atoms with Gasteiger partial charge in [0.2, 0.25) is 0 Å². The van der Waals surface area contributed by atoms with Gasteiger partial charge in [0.15, 0.2) is 0 Å². The molecule has 0 atom stereocenters. The van der Waals surface area contributed by atoms with Crippen LogP contribution in [0.1, 0.15) is 42.2 Å². The molecule has 0 bridgehead atoms. The van der Waals surface area contributed by atoms with Crippen molar-refractivity contribution in [2.45, 2.75) is 32.6 Å². The summed E-state index contributed by atoms with van der Waals surface area (Å²) in [5, 5.41) is 2.97. The normalized spacial score (nSPS) is 15.1. The van der Waals surface area contributed by atoms with E-state index in [1.807, 2.05) is 6.07 Å². The lowest BCUT2D eigenvalue weighted by molar-refractivity contribution is 0.0949. The number of carbonyl (C=O) groups is 1. The van der Waals surface area contributed by atoms with E-state index in [0.717, 1.165) is 38.2 Å². The molecule has 6 heteroatoms. The second-order valence-corrected chi connectivity index (χ2v) is 5.43. The average Bonchev–Trinajstić information content (AvgIpc) is 3.00. The lowest BCUT2D eigenvalue weighted by Crippen LogP contribution is -2.33. The third-order valence-electron chi connectivity index (χ3n) is 3.71. The number of nitrogens with one attached hydrogen (secondary N) is 2. The Balaban J connectivity index is 1.92. The summed E-state index contributed by atoms with van der Waals surface area (Å²) in [5.74, 6) is 5.88. The van der Waals surface area contributed by atoms with Gasteiger partial charge >= 0.3 is 0 Å². The predicted molar refractivity (Wildman–Crippen MR) is 84.0 cm³/mol. The Morgan fingerprint density at radius 2 is 2.14 bits per heavy atom. The molecular weight excluding hydrogens is 266 g/mol. The summed E-state index contributed by atoms with van der Waals surface area (Å²) in [4.78, 5) is 18.9. The highest BCUT2D eigenvalue weighted by Crippen LogP contribution is 2.11. The van der Waals surface area contributed by atoms with Crippen molar-refractivity contribution in [2.75, 3.05) is 31.6 Å². The second kappa shape index (κ2) is 7.95. The van der Waals surface area contributed by atoms with E-state index >= 15 is 0 Å². The third-order valence-corrected chi connectivity index (χ3v) is 3.71. The number of nitrogen functional groups attached to an aromatic ring is 1. The molecule has 0 radical (unpaired) electrons. The number of hydrogen-bond donors (Lipinski definition) is 3. The summed E-state index contributed by atoms with van der Waals surface area (Å²) >= 11 is 0. The zero-order valence-electron chi connectivity index (χ0n) is 12.7. The van der Waals surface area contributed by atoms with Crippen molar-refractivity contribution in [1.29, 1.82) is 0 Å². The lowest BCUT2D eigenvalue weighted by atomic mass is 10.1. The summed E-state index contributed by atoms with van der Waals surface area (Å²) in [6.07, 6.45) is 4.36. The molecule has 116 valence electrons. The number of aryl methyl sites for hydroxylation is 1. The molecule has 2 rings (SSSR count). The Hall–Kier alpha value is -1.66. The van der Waals surface area contributed by atoms with Gasteiger partial charge in [0.25, 0.3) is 5.91 Å². The van der Waals surface area contributed by atoms with E-state index in [4.69, 9.17) is 5.84 Å². The van der Waals surface area contributed by atoms with Crippen LogP contribution in [0.3, 0.4) is 0 Å². The first-order chi connectivity index (χ1) is 10.2. The van der Waals surface area contributed by atoms with Crippen molar-refractivity contribution in [3.8, 4) is 0 Å². The van der Waals surface area contributed by atoms with Crippen molar-refractivity contribution in [3.63, 3.8) is 0 Å². The highest BCUT2D eigenvalue weighted by molar-refractivity contribution is 5.95. The summed E-state index contributed by atoms with van der Waals surface area (Å²) in [5.41, 5.74) is 4.02. The van der Waals surface area contributed by atoms with Gasteiger partial charge < -0.3 is 15.6 Å². The van der Waals surface area contributed by atoms with Crippen LogP contribution >= 0.6 is 0 Å². The fourth-order valence-electron chi connectivity index (χ4n) is 2.61. The maximum Gasteiger partial charge on any atom is 0.251 e. The molecule has 1 aromatic heterocycles. The Morgan fingerprint density at radius 1 is 1.38 bits per heavy atom. The van der Waals surface area contributed by atoms with Gasteiger partial charge in [-0.25, -0.2) is 10.8 Å². The van der Waals surface area contributed by atoms with Crippen molar-refractivity contribution < 1.29 is 4.79 Å². The molecule has 0 saturated carbocycles. The van der Waals surface area contributed by atoms with Crippen molar-refractivity contribution in [3.05, 3.63) is 23.4 Å². The number of anilines is 1. The molecule has 1 saturated heterocycles. The van der Waals surface area contributed by atoms with Crippen LogP contribution in [-0.4, -0.2) is 42.0 Å². The molecule has 2 heterocycles. The van der Waals surface area contributed by atoms with E-state index in [2.05, 4.69) is 27.6 Å². The smallest absolute Gasteiger partial charge is 0.251 e. The number of hydrogen-bond acceptors (Lipinski definition) is 5. The fraction of sp³-hybridized carbons (Fsp3) is 0.600. The molecule has 1 fully saturated rings. The molecule has 1 aromatic rings. The lowest BCUT2D eigenvalue weighted by Gasteiger charge is -2.15. The van der Waals surface area contributed by atoms with Crippen LogP contribution in [0.15, 0.2) is 12.1 Å². The van der Waals surface area contributed by atoms with Gasteiger partial charge in [0.05, 0.1) is 0 Å². The molecule has 4 N–H and O–H groups in total. The van der Waals surface area contributed by atoms with Gasteiger partial charge in [-0.05, 0) is 44.5 Å². The molecule has 0 spiro atoms. The van der Waals surface area contributed by atoms with Crippen LogP contribution < -0.4 is 16.6 Å². The minimum atomic E-state index is -0.0644. The van der Waals surface area contributed by atoms with E-state index in [1.54, 1.807) is 6.07 Å². The second-order valence-electron chi connectivity index (χ2n) is 5.43. The number of likely N-dealkylation sites (tertiary alicyclic amines) is 1. The molecule has 0 unspecified atom stereocenters. The summed E-state index contributed by atoms with van der Waals surface area (Å²) in [7, 11) is 0. The quantitative estimate of drug-likeness (QED) is 0.518. The average molecular weight is 291 g/mol. The monoisotopic (exact) mass is 291 g/mol. The maximum absolute atomic E-state index is 12.2. The number of aromatic nitrogens is 1. The zero-order chi connectivity index (χ0) is 15.1. The number of amides is 1. The van der Waals surface area contributed by atoms with Crippen molar-refractivity contribution >= 4 is 11.7 Å². The highest BCUT2D eigenvalue weighted by Gasteiger charge is 2.13. The molecule has 21 heavy (non-hydrogen) atoms. The number of nitrogens with zero attached hydrogens (tertiary/aromatic N) is 2. The maximum atomic E-state index is 12.2. The van der Waals surface area contributed by atoms with Gasteiger partial charge in [-0.15, -0.1) is 0 Å². The van der Waals surface area contributed by atoms with Crippen LogP contribution in [0.4, 0.5) is 5.82 Å². The third kappa shape index (κ3) is 4.68. The molecule has 1 aliphatic heterocycles. The number of nitrogens with two attached hydrogens (primary N) is 1. The van der Waals surface area contributed by atoms with Crippen LogP contribution in [0.25, 0.3) is 0 Å². The first-order valence-corrected chi connectivity index (χ1v) is 7.71. The van der Waals surface area contributed by atoms with Crippen LogP contribution in [0.5, 0.6) is 0 Å². The van der Waals surface area contributed by atoms with Gasteiger partial charge in [0.1, 0.15) is 5.82 Å². The molecule has 1 amide bonds. The van der Waals surface area contributed by atoms with Gasteiger partial charge in [-0.2, -0.15) is 0 Å². The summed E-state index contributed by atoms with van der Waals surface area (Å²) in [6.45, 7) is 5.97. The molecule has 1 aliphatic rings. The number of hydrazine groups is 1. The highest BCUT2D eigenvalue weighted by atomic mass is 16.1. The fourth-order valence-corrected chi connectivity index (χ4v) is 2.61. The Morgan fingerprint density at radius 3 is 2.81 bits per heavy atom. The first kappa shape index (κ1) is 15.7. The topological polar surface area (TPSA) is 83.3 Å². The number of pyridine rings is 1. The summed E-state index contributed by atoms with van der Waals surface area (Å²) < 4.78 is 0. The van der Waals surface area contributed by atoms with E-state index in [1.165, 1.54) is 12.8 Å². The number of rotatable bonds is 7. The van der Waals surface area contributed by atoms with E-state index < -0.39 is 0 Å². The molecule has 0 aliphatic carbocycles. The minimum Gasteiger partial charge on any atom is -0.351 e. The zero-order valence-corrected chi connectivity index (χ0v) is 12.7. The summed E-state index contributed by atoms with van der Waals surface area (Å²) in [6, 6.07) is 3.53. The van der Waals surface area contributed by atoms with E-state index in [-0.39, 0.29) is 5.91 Å².